The first-order valence-corrected chi connectivity index (χ1v) is 6.48. The van der Waals surface area contributed by atoms with Crippen molar-refractivity contribution in [1.82, 2.24) is 9.88 Å². The van der Waals surface area contributed by atoms with Crippen molar-refractivity contribution in [2.45, 2.75) is 20.3 Å². The Balaban J connectivity index is 2.29. The molecule has 0 saturated heterocycles. The van der Waals surface area contributed by atoms with Gasteiger partial charge in [0, 0.05) is 23.6 Å². The fourth-order valence-electron chi connectivity index (χ4n) is 2.21. The van der Waals surface area contributed by atoms with E-state index in [0.29, 0.717) is 0 Å². The van der Waals surface area contributed by atoms with Gasteiger partial charge < -0.3 is 14.6 Å². The zero-order valence-corrected chi connectivity index (χ0v) is 11.7. The molecule has 1 N–H and O–H groups in total. The Morgan fingerprint density at radius 2 is 2.11 bits per heavy atom. The fraction of sp³-hybridized carbons (Fsp3) is 0.467. The van der Waals surface area contributed by atoms with Gasteiger partial charge in [-0.25, -0.2) is 0 Å². The molecular formula is C15H22N2O. The third kappa shape index (κ3) is 2.51. The first kappa shape index (κ1) is 13.0. The predicted octanol–water partition coefficient (Wildman–Crippen LogP) is 2.98. The molecule has 0 bridgehead atoms. The molecule has 0 aliphatic carbocycles. The number of hydrogen-bond acceptors (Lipinski definition) is 2. The zero-order chi connectivity index (χ0) is 13.1. The maximum atomic E-state index is 5.40. The van der Waals surface area contributed by atoms with Gasteiger partial charge in [0.1, 0.15) is 5.75 Å². The fourth-order valence-corrected chi connectivity index (χ4v) is 2.21. The van der Waals surface area contributed by atoms with Gasteiger partial charge in [0.2, 0.25) is 0 Å². The quantitative estimate of drug-likeness (QED) is 0.878. The molecule has 0 amide bonds. The Bertz CT molecular complexity index is 531. The number of nitrogens with one attached hydrogen (secondary N) is 1. The van der Waals surface area contributed by atoms with E-state index in [1.165, 1.54) is 22.0 Å². The van der Waals surface area contributed by atoms with Crippen molar-refractivity contribution >= 4 is 10.9 Å². The summed E-state index contributed by atoms with van der Waals surface area (Å²) >= 11 is 0. The highest BCUT2D eigenvalue weighted by molar-refractivity contribution is 5.85. The van der Waals surface area contributed by atoms with Crippen LogP contribution in [0.2, 0.25) is 0 Å². The number of ether oxygens (including phenoxy) is 1. The largest absolute Gasteiger partial charge is 0.496 e. The standard InChI is InChI=1S/C15H22N2O/c1-5-17(3)7-6-12-10-16-14-8-11(2)15(18-4)9-13(12)14/h8-10,16H,5-7H2,1-4H3. The van der Waals surface area contributed by atoms with Crippen LogP contribution < -0.4 is 4.74 Å². The number of hydrogen-bond donors (Lipinski definition) is 1. The Morgan fingerprint density at radius 1 is 1.33 bits per heavy atom. The Morgan fingerprint density at radius 3 is 2.78 bits per heavy atom. The molecule has 1 heterocycles. The molecule has 0 atom stereocenters. The Kier molecular flexibility index (Phi) is 3.92. The SMILES string of the molecule is CCN(C)CCc1c[nH]c2cc(C)c(OC)cc12. The van der Waals surface area contributed by atoms with E-state index in [1.54, 1.807) is 7.11 Å². The molecule has 3 nitrogen and oxygen atoms in total. The highest BCUT2D eigenvalue weighted by Gasteiger charge is 2.08. The minimum Gasteiger partial charge on any atom is -0.496 e. The molecule has 0 fully saturated rings. The van der Waals surface area contributed by atoms with Crippen LogP contribution >= 0.6 is 0 Å². The van der Waals surface area contributed by atoms with Gasteiger partial charge >= 0.3 is 0 Å². The van der Waals surface area contributed by atoms with E-state index in [4.69, 9.17) is 4.74 Å². The average molecular weight is 246 g/mol. The molecule has 0 aliphatic rings. The number of fused-ring (bicyclic) bond motifs is 1. The van der Waals surface area contributed by atoms with Crippen LogP contribution in [0.1, 0.15) is 18.1 Å². The van der Waals surface area contributed by atoms with Crippen LogP contribution in [0.15, 0.2) is 18.3 Å². The number of likely N-dealkylation sites (N-methyl/N-ethyl adjacent to an activating group) is 1. The van der Waals surface area contributed by atoms with E-state index in [9.17, 15) is 0 Å². The van der Waals surface area contributed by atoms with Gasteiger partial charge in [-0.2, -0.15) is 0 Å². The number of nitrogens with zero attached hydrogens (tertiary/aromatic N) is 1. The molecule has 2 rings (SSSR count). The second-order valence-electron chi connectivity index (χ2n) is 4.83. The van der Waals surface area contributed by atoms with E-state index < -0.39 is 0 Å². The summed E-state index contributed by atoms with van der Waals surface area (Å²) in [5, 5.41) is 1.28. The van der Waals surface area contributed by atoms with Gasteiger partial charge in [0.15, 0.2) is 0 Å². The molecule has 0 unspecified atom stereocenters. The monoisotopic (exact) mass is 246 g/mol. The van der Waals surface area contributed by atoms with Gasteiger partial charge in [-0.05, 0) is 50.2 Å². The molecule has 1 aromatic heterocycles. The molecule has 18 heavy (non-hydrogen) atoms. The van der Waals surface area contributed by atoms with Crippen LogP contribution in [-0.4, -0.2) is 37.1 Å². The first-order valence-electron chi connectivity index (χ1n) is 6.48. The highest BCUT2D eigenvalue weighted by Crippen LogP contribution is 2.27. The first-order chi connectivity index (χ1) is 8.65. The van der Waals surface area contributed by atoms with Crippen molar-refractivity contribution in [3.63, 3.8) is 0 Å². The summed E-state index contributed by atoms with van der Waals surface area (Å²) in [7, 11) is 3.88. The third-order valence-electron chi connectivity index (χ3n) is 3.59. The van der Waals surface area contributed by atoms with E-state index in [2.05, 4.69) is 49.1 Å². The number of aryl methyl sites for hydroxylation is 1. The molecule has 98 valence electrons. The molecule has 0 spiro atoms. The second-order valence-corrected chi connectivity index (χ2v) is 4.83. The van der Waals surface area contributed by atoms with Crippen molar-refractivity contribution in [2.24, 2.45) is 0 Å². The molecule has 0 radical (unpaired) electrons. The van der Waals surface area contributed by atoms with Gasteiger partial charge in [-0.15, -0.1) is 0 Å². The van der Waals surface area contributed by atoms with Crippen LogP contribution in [0.3, 0.4) is 0 Å². The Labute approximate surface area is 109 Å². The summed E-state index contributed by atoms with van der Waals surface area (Å²) < 4.78 is 5.40. The number of benzene rings is 1. The number of methoxy groups -OCH3 is 1. The van der Waals surface area contributed by atoms with Crippen molar-refractivity contribution < 1.29 is 4.74 Å². The van der Waals surface area contributed by atoms with Crippen molar-refractivity contribution in [1.29, 1.82) is 0 Å². The molecule has 3 heteroatoms. The van der Waals surface area contributed by atoms with Crippen LogP contribution in [0.5, 0.6) is 5.75 Å². The van der Waals surface area contributed by atoms with Crippen molar-refractivity contribution in [3.05, 3.63) is 29.5 Å². The normalized spacial score (nSPS) is 11.4. The van der Waals surface area contributed by atoms with Gasteiger partial charge in [-0.3, -0.25) is 0 Å². The Hall–Kier alpha value is -1.48. The van der Waals surface area contributed by atoms with Gasteiger partial charge in [0.05, 0.1) is 7.11 Å². The van der Waals surface area contributed by atoms with Crippen LogP contribution in [0, 0.1) is 6.92 Å². The lowest BCUT2D eigenvalue weighted by molar-refractivity contribution is 0.358. The maximum absolute atomic E-state index is 5.40. The summed E-state index contributed by atoms with van der Waals surface area (Å²) in [6.07, 6.45) is 3.18. The van der Waals surface area contributed by atoms with Crippen molar-refractivity contribution in [3.8, 4) is 5.75 Å². The van der Waals surface area contributed by atoms with Crippen molar-refractivity contribution in [2.75, 3.05) is 27.2 Å². The minimum absolute atomic E-state index is 0.965. The minimum atomic E-state index is 0.965. The summed E-state index contributed by atoms with van der Waals surface area (Å²) in [5.41, 5.74) is 3.73. The summed E-state index contributed by atoms with van der Waals surface area (Å²) in [4.78, 5) is 5.67. The molecule has 0 aliphatic heterocycles. The van der Waals surface area contributed by atoms with Gasteiger partial charge in [0.25, 0.3) is 0 Å². The lowest BCUT2D eigenvalue weighted by atomic mass is 10.1. The van der Waals surface area contributed by atoms with E-state index in [1.807, 2.05) is 0 Å². The molecular weight excluding hydrogens is 224 g/mol. The van der Waals surface area contributed by atoms with Crippen LogP contribution in [0.4, 0.5) is 0 Å². The lowest BCUT2D eigenvalue weighted by Crippen LogP contribution is -2.20. The average Bonchev–Trinajstić information content (AvgIpc) is 2.76. The number of aromatic nitrogens is 1. The number of H-pyrrole nitrogens is 1. The lowest BCUT2D eigenvalue weighted by Gasteiger charge is -2.13. The summed E-state index contributed by atoms with van der Waals surface area (Å²) in [5.74, 6) is 0.965. The zero-order valence-electron chi connectivity index (χ0n) is 11.7. The van der Waals surface area contributed by atoms with Gasteiger partial charge in [-0.1, -0.05) is 6.92 Å². The highest BCUT2D eigenvalue weighted by atomic mass is 16.5. The smallest absolute Gasteiger partial charge is 0.122 e. The predicted molar refractivity (Wildman–Crippen MR) is 76.5 cm³/mol. The van der Waals surface area contributed by atoms with Crippen LogP contribution in [0.25, 0.3) is 10.9 Å². The third-order valence-corrected chi connectivity index (χ3v) is 3.59. The van der Waals surface area contributed by atoms with Crippen LogP contribution in [-0.2, 0) is 6.42 Å². The summed E-state index contributed by atoms with van der Waals surface area (Å²) in [6, 6.07) is 4.30. The maximum Gasteiger partial charge on any atom is 0.122 e. The molecule has 0 saturated carbocycles. The van der Waals surface area contributed by atoms with E-state index in [-0.39, 0.29) is 0 Å². The number of rotatable bonds is 5. The molecule has 2 aromatic rings. The summed E-state index contributed by atoms with van der Waals surface area (Å²) in [6.45, 7) is 6.43. The van der Waals surface area contributed by atoms with E-state index >= 15 is 0 Å². The second kappa shape index (κ2) is 5.44. The molecule has 1 aromatic carbocycles. The number of aromatic amines is 1. The van der Waals surface area contributed by atoms with E-state index in [0.717, 1.165) is 25.3 Å². The topological polar surface area (TPSA) is 28.3 Å².